The molecule has 1 aromatic rings. The quantitative estimate of drug-likeness (QED) is 0.633. The summed E-state index contributed by atoms with van der Waals surface area (Å²) in [6, 6.07) is 5.02. The summed E-state index contributed by atoms with van der Waals surface area (Å²) in [4.78, 5) is 10.7. The lowest BCUT2D eigenvalue weighted by Crippen LogP contribution is -2.28. The summed E-state index contributed by atoms with van der Waals surface area (Å²) < 4.78 is 0.695. The van der Waals surface area contributed by atoms with Crippen LogP contribution in [0, 0.1) is 22.0 Å². The van der Waals surface area contributed by atoms with Crippen molar-refractivity contribution in [2.45, 2.75) is 25.7 Å². The van der Waals surface area contributed by atoms with Crippen LogP contribution >= 0.6 is 15.9 Å². The first-order chi connectivity index (χ1) is 9.61. The second kappa shape index (κ2) is 7.04. The number of rotatable bonds is 5. The van der Waals surface area contributed by atoms with Crippen molar-refractivity contribution in [3.63, 3.8) is 0 Å². The monoisotopic (exact) mass is 342 g/mol. The Hall–Kier alpha value is -1.14. The van der Waals surface area contributed by atoms with Crippen LogP contribution in [0.4, 0.5) is 11.4 Å². The van der Waals surface area contributed by atoms with Crippen LogP contribution in [0.3, 0.4) is 0 Å². The molecule has 0 heterocycles. The van der Waals surface area contributed by atoms with Crippen molar-refractivity contribution < 1.29 is 10.0 Å². The van der Waals surface area contributed by atoms with Crippen molar-refractivity contribution in [1.29, 1.82) is 0 Å². The van der Waals surface area contributed by atoms with Gasteiger partial charge in [-0.15, -0.1) is 0 Å². The van der Waals surface area contributed by atoms with Gasteiger partial charge in [-0.2, -0.15) is 0 Å². The fraction of sp³-hybridized carbons (Fsp3) is 0.571. The number of aliphatic hydroxyl groups is 1. The Morgan fingerprint density at radius 2 is 2.05 bits per heavy atom. The molecule has 2 unspecified atom stereocenters. The molecule has 0 bridgehead atoms. The molecule has 1 aliphatic carbocycles. The fourth-order valence-electron chi connectivity index (χ4n) is 2.84. The first-order valence-corrected chi connectivity index (χ1v) is 7.69. The third-order valence-corrected chi connectivity index (χ3v) is 4.51. The molecule has 1 aliphatic rings. The van der Waals surface area contributed by atoms with Crippen molar-refractivity contribution >= 4 is 27.3 Å². The minimum absolute atomic E-state index is 0.0794. The van der Waals surface area contributed by atoms with Crippen LogP contribution in [-0.2, 0) is 0 Å². The summed E-state index contributed by atoms with van der Waals surface area (Å²) in [5, 5.41) is 23.6. The van der Waals surface area contributed by atoms with Gasteiger partial charge in [0.2, 0.25) is 0 Å². The lowest BCUT2D eigenvalue weighted by atomic mass is 9.79. The molecular formula is C14H19BrN2O3. The van der Waals surface area contributed by atoms with Crippen LogP contribution in [0.15, 0.2) is 22.7 Å². The molecule has 2 atom stereocenters. The third kappa shape index (κ3) is 3.70. The van der Waals surface area contributed by atoms with Crippen LogP contribution in [0.1, 0.15) is 25.7 Å². The van der Waals surface area contributed by atoms with Crippen LogP contribution in [0.5, 0.6) is 0 Å². The minimum Gasteiger partial charge on any atom is -0.396 e. The Labute approximate surface area is 126 Å². The SMILES string of the molecule is O=[N+]([O-])c1cc(Br)ccc1NCC1CCCCC1CO. The molecule has 5 nitrogen and oxygen atoms in total. The van der Waals surface area contributed by atoms with Gasteiger partial charge >= 0.3 is 0 Å². The topological polar surface area (TPSA) is 75.4 Å². The van der Waals surface area contributed by atoms with E-state index in [4.69, 9.17) is 0 Å². The number of hydrogen-bond acceptors (Lipinski definition) is 4. The predicted octanol–water partition coefficient (Wildman–Crippen LogP) is 3.57. The number of nitro benzene ring substituents is 1. The number of hydrogen-bond donors (Lipinski definition) is 2. The van der Waals surface area contributed by atoms with Crippen LogP contribution in [0.25, 0.3) is 0 Å². The highest BCUT2D eigenvalue weighted by molar-refractivity contribution is 9.10. The third-order valence-electron chi connectivity index (χ3n) is 4.01. The zero-order valence-electron chi connectivity index (χ0n) is 11.2. The zero-order valence-corrected chi connectivity index (χ0v) is 12.8. The summed E-state index contributed by atoms with van der Waals surface area (Å²) >= 11 is 3.25. The lowest BCUT2D eigenvalue weighted by Gasteiger charge is -2.30. The Balaban J connectivity index is 2.04. The van der Waals surface area contributed by atoms with Crippen molar-refractivity contribution in [1.82, 2.24) is 0 Å². The molecule has 0 saturated heterocycles. The van der Waals surface area contributed by atoms with Crippen molar-refractivity contribution in [3.8, 4) is 0 Å². The van der Waals surface area contributed by atoms with Crippen LogP contribution < -0.4 is 5.32 Å². The molecule has 1 aromatic carbocycles. The summed E-state index contributed by atoms with van der Waals surface area (Å²) in [5.74, 6) is 0.697. The van der Waals surface area contributed by atoms with Gasteiger partial charge < -0.3 is 10.4 Å². The second-order valence-corrected chi connectivity index (χ2v) is 6.20. The number of aliphatic hydroxyl groups excluding tert-OH is 1. The van der Waals surface area contributed by atoms with Crippen LogP contribution in [0.2, 0.25) is 0 Å². The first kappa shape index (κ1) is 15.3. The average Bonchev–Trinajstić information content (AvgIpc) is 2.46. The molecule has 1 saturated carbocycles. The normalized spacial score (nSPS) is 22.5. The molecule has 2 rings (SSSR count). The zero-order chi connectivity index (χ0) is 14.5. The van der Waals surface area contributed by atoms with E-state index < -0.39 is 0 Å². The Bertz CT molecular complexity index is 481. The van der Waals surface area contributed by atoms with E-state index in [2.05, 4.69) is 21.2 Å². The molecule has 110 valence electrons. The van der Waals surface area contributed by atoms with Gasteiger partial charge in [0.25, 0.3) is 5.69 Å². The fourth-order valence-corrected chi connectivity index (χ4v) is 3.19. The standard InChI is InChI=1S/C14H19BrN2O3/c15-12-5-6-13(14(7-12)17(19)20)16-8-10-3-1-2-4-11(10)9-18/h5-7,10-11,16,18H,1-4,8-9H2. The highest BCUT2D eigenvalue weighted by Gasteiger charge is 2.25. The molecule has 0 amide bonds. The summed E-state index contributed by atoms with van der Waals surface area (Å²) in [5.41, 5.74) is 0.621. The van der Waals surface area contributed by atoms with Gasteiger partial charge in [0.15, 0.2) is 0 Å². The molecule has 0 aliphatic heterocycles. The average molecular weight is 343 g/mol. The highest BCUT2D eigenvalue weighted by Crippen LogP contribution is 2.32. The highest BCUT2D eigenvalue weighted by atomic mass is 79.9. The lowest BCUT2D eigenvalue weighted by molar-refractivity contribution is -0.384. The van der Waals surface area contributed by atoms with Gasteiger partial charge in [-0.3, -0.25) is 10.1 Å². The molecule has 6 heteroatoms. The first-order valence-electron chi connectivity index (χ1n) is 6.90. The van der Waals surface area contributed by atoms with Crippen molar-refractivity contribution in [2.75, 3.05) is 18.5 Å². The van der Waals surface area contributed by atoms with Gasteiger partial charge in [-0.05, 0) is 36.8 Å². The number of benzene rings is 1. The van der Waals surface area contributed by atoms with E-state index in [0.717, 1.165) is 12.8 Å². The summed E-state index contributed by atoms with van der Waals surface area (Å²) in [7, 11) is 0. The predicted molar refractivity (Wildman–Crippen MR) is 81.8 cm³/mol. The van der Waals surface area contributed by atoms with E-state index in [-0.39, 0.29) is 17.2 Å². The van der Waals surface area contributed by atoms with E-state index in [1.807, 2.05) is 0 Å². The molecule has 0 aromatic heterocycles. The van der Waals surface area contributed by atoms with Gasteiger partial charge in [0.05, 0.1) is 4.92 Å². The molecule has 0 radical (unpaired) electrons. The minimum atomic E-state index is -0.377. The van der Waals surface area contributed by atoms with E-state index in [1.54, 1.807) is 12.1 Å². The molecule has 1 fully saturated rings. The summed E-state index contributed by atoms with van der Waals surface area (Å²) in [6.07, 6.45) is 4.46. The number of nitrogens with one attached hydrogen (secondary N) is 1. The summed E-state index contributed by atoms with van der Waals surface area (Å²) in [6.45, 7) is 0.877. The van der Waals surface area contributed by atoms with E-state index >= 15 is 0 Å². The number of anilines is 1. The smallest absolute Gasteiger partial charge is 0.293 e. The van der Waals surface area contributed by atoms with Gasteiger partial charge in [0, 0.05) is 23.7 Å². The molecule has 2 N–H and O–H groups in total. The van der Waals surface area contributed by atoms with Gasteiger partial charge in [-0.1, -0.05) is 28.8 Å². The maximum Gasteiger partial charge on any atom is 0.293 e. The van der Waals surface area contributed by atoms with E-state index in [9.17, 15) is 15.2 Å². The Kier molecular flexibility index (Phi) is 5.37. The molecule has 0 spiro atoms. The Morgan fingerprint density at radius 3 is 2.70 bits per heavy atom. The van der Waals surface area contributed by atoms with Crippen LogP contribution in [-0.4, -0.2) is 23.2 Å². The number of nitrogens with zero attached hydrogens (tertiary/aromatic N) is 1. The number of halogens is 1. The molecule has 20 heavy (non-hydrogen) atoms. The van der Waals surface area contributed by atoms with Crippen molar-refractivity contribution in [3.05, 3.63) is 32.8 Å². The largest absolute Gasteiger partial charge is 0.396 e. The van der Waals surface area contributed by atoms with E-state index in [0.29, 0.717) is 28.5 Å². The van der Waals surface area contributed by atoms with E-state index in [1.165, 1.54) is 18.9 Å². The molecular weight excluding hydrogens is 324 g/mol. The number of nitro groups is 1. The maximum absolute atomic E-state index is 11.1. The van der Waals surface area contributed by atoms with Gasteiger partial charge in [0.1, 0.15) is 5.69 Å². The van der Waals surface area contributed by atoms with Gasteiger partial charge in [-0.25, -0.2) is 0 Å². The van der Waals surface area contributed by atoms with Crippen molar-refractivity contribution in [2.24, 2.45) is 11.8 Å². The second-order valence-electron chi connectivity index (χ2n) is 5.29. The maximum atomic E-state index is 11.1. The Morgan fingerprint density at radius 1 is 1.35 bits per heavy atom.